The predicted molar refractivity (Wildman–Crippen MR) is 120 cm³/mol. The molecule has 0 amide bonds. The number of phenolic OH excluding ortho intramolecular Hbond substituents is 1. The number of rotatable bonds is 3. The quantitative estimate of drug-likeness (QED) is 0.537. The number of hydrogen-bond donors (Lipinski definition) is 2. The number of hydrogen-bond acceptors (Lipinski definition) is 4. The van der Waals surface area contributed by atoms with Gasteiger partial charge in [-0.2, -0.15) is 0 Å². The summed E-state index contributed by atoms with van der Waals surface area (Å²) in [6.45, 7) is 2.81. The number of fused-ring (bicyclic) bond motifs is 1. The van der Waals surface area contributed by atoms with Gasteiger partial charge in [0.2, 0.25) is 0 Å². The Labute approximate surface area is 174 Å². The Morgan fingerprint density at radius 2 is 1.63 bits per heavy atom. The van der Waals surface area contributed by atoms with Gasteiger partial charge in [0.25, 0.3) is 0 Å². The van der Waals surface area contributed by atoms with Gasteiger partial charge in [0.1, 0.15) is 11.6 Å². The molecule has 1 aliphatic heterocycles. The fourth-order valence-electron chi connectivity index (χ4n) is 4.03. The van der Waals surface area contributed by atoms with Crippen molar-refractivity contribution in [3.05, 3.63) is 83.0 Å². The summed E-state index contributed by atoms with van der Waals surface area (Å²) in [5.41, 5.74) is 4.37. The Hall–Kier alpha value is -3.57. The molecular formula is C25H22N2O3. The highest BCUT2D eigenvalue weighted by molar-refractivity contribution is 5.95. The minimum Gasteiger partial charge on any atom is -0.507 e. The number of pyridine rings is 1. The number of aromatic nitrogens is 1. The van der Waals surface area contributed by atoms with E-state index in [4.69, 9.17) is 4.74 Å². The van der Waals surface area contributed by atoms with Gasteiger partial charge >= 0.3 is 0 Å². The molecule has 1 fully saturated rings. The first kappa shape index (κ1) is 18.5. The Morgan fingerprint density at radius 1 is 0.833 bits per heavy atom. The molecular weight excluding hydrogens is 376 g/mol. The van der Waals surface area contributed by atoms with E-state index in [0.717, 1.165) is 46.7 Å². The highest BCUT2D eigenvalue weighted by Gasteiger charge is 2.16. The standard InChI is InChI=1S/C25H22N2O3/c28-22-10-9-18(15-21(22)17-5-2-1-3-6-17)19-7-4-8-20-23(29)16-24(26-25(19)20)27-11-13-30-14-12-27/h1-10,15-16,28H,11-14H2,(H,26,29). The van der Waals surface area contributed by atoms with Crippen LogP contribution in [0.1, 0.15) is 0 Å². The van der Waals surface area contributed by atoms with Crippen molar-refractivity contribution < 1.29 is 9.84 Å². The van der Waals surface area contributed by atoms with Crippen molar-refractivity contribution in [1.82, 2.24) is 4.98 Å². The third-order valence-corrected chi connectivity index (χ3v) is 5.59. The first-order valence-corrected chi connectivity index (χ1v) is 10.1. The Kier molecular flexibility index (Phi) is 4.73. The van der Waals surface area contributed by atoms with Gasteiger partial charge in [0, 0.05) is 35.7 Å². The maximum atomic E-state index is 12.9. The van der Waals surface area contributed by atoms with E-state index in [-0.39, 0.29) is 11.2 Å². The summed E-state index contributed by atoms with van der Waals surface area (Å²) in [5.74, 6) is 1.04. The van der Waals surface area contributed by atoms with Gasteiger partial charge in [-0.1, -0.05) is 48.5 Å². The van der Waals surface area contributed by atoms with E-state index in [1.54, 1.807) is 12.1 Å². The molecule has 0 radical (unpaired) electrons. The van der Waals surface area contributed by atoms with E-state index < -0.39 is 0 Å². The SMILES string of the molecule is O=c1cc(N2CCOCC2)[nH]c2c(-c3ccc(O)c(-c4ccccc4)c3)cccc12. The van der Waals surface area contributed by atoms with Crippen LogP contribution in [0.4, 0.5) is 5.82 Å². The lowest BCUT2D eigenvalue weighted by Crippen LogP contribution is -2.37. The summed E-state index contributed by atoms with van der Waals surface area (Å²) >= 11 is 0. The molecule has 0 unspecified atom stereocenters. The molecule has 30 heavy (non-hydrogen) atoms. The minimum absolute atomic E-state index is 0.00541. The van der Waals surface area contributed by atoms with Crippen LogP contribution in [0.25, 0.3) is 33.2 Å². The number of ether oxygens (including phenoxy) is 1. The van der Waals surface area contributed by atoms with E-state index in [2.05, 4.69) is 9.88 Å². The second kappa shape index (κ2) is 7.69. The summed E-state index contributed by atoms with van der Waals surface area (Å²) in [7, 11) is 0. The van der Waals surface area contributed by atoms with Gasteiger partial charge in [0.15, 0.2) is 5.43 Å². The van der Waals surface area contributed by atoms with Crippen LogP contribution in [0.2, 0.25) is 0 Å². The number of nitrogens with one attached hydrogen (secondary N) is 1. The zero-order valence-electron chi connectivity index (χ0n) is 16.5. The normalized spacial score (nSPS) is 14.2. The number of H-pyrrole nitrogens is 1. The van der Waals surface area contributed by atoms with E-state index >= 15 is 0 Å². The van der Waals surface area contributed by atoms with Crippen molar-refractivity contribution in [2.24, 2.45) is 0 Å². The summed E-state index contributed by atoms with van der Waals surface area (Å²) < 4.78 is 5.44. The number of aromatic hydroxyl groups is 1. The molecule has 1 aliphatic rings. The Morgan fingerprint density at radius 3 is 2.43 bits per heavy atom. The fourth-order valence-corrected chi connectivity index (χ4v) is 4.03. The van der Waals surface area contributed by atoms with Crippen LogP contribution < -0.4 is 10.3 Å². The average molecular weight is 398 g/mol. The number of anilines is 1. The van der Waals surface area contributed by atoms with Gasteiger partial charge in [-0.3, -0.25) is 4.79 Å². The molecule has 2 N–H and O–H groups in total. The van der Waals surface area contributed by atoms with E-state index in [1.165, 1.54) is 0 Å². The summed E-state index contributed by atoms with van der Waals surface area (Å²) in [5, 5.41) is 11.1. The highest BCUT2D eigenvalue weighted by Crippen LogP contribution is 2.35. The molecule has 0 aliphatic carbocycles. The molecule has 1 aromatic heterocycles. The maximum absolute atomic E-state index is 12.9. The molecule has 2 heterocycles. The molecule has 150 valence electrons. The number of nitrogens with zero attached hydrogens (tertiary/aromatic N) is 1. The van der Waals surface area contributed by atoms with E-state index in [9.17, 15) is 9.90 Å². The third kappa shape index (κ3) is 3.33. The van der Waals surface area contributed by atoms with Gasteiger partial charge in [-0.05, 0) is 29.3 Å². The number of para-hydroxylation sites is 1. The van der Waals surface area contributed by atoms with Crippen molar-refractivity contribution in [1.29, 1.82) is 0 Å². The lowest BCUT2D eigenvalue weighted by molar-refractivity contribution is 0.122. The largest absolute Gasteiger partial charge is 0.507 e. The van der Waals surface area contributed by atoms with Gasteiger partial charge in [-0.25, -0.2) is 0 Å². The van der Waals surface area contributed by atoms with Crippen molar-refractivity contribution >= 4 is 16.7 Å². The zero-order chi connectivity index (χ0) is 20.5. The molecule has 3 aromatic carbocycles. The lowest BCUT2D eigenvalue weighted by atomic mass is 9.96. The smallest absolute Gasteiger partial charge is 0.191 e. The molecule has 4 aromatic rings. The molecule has 0 saturated carbocycles. The first-order chi connectivity index (χ1) is 14.7. The molecule has 5 heteroatoms. The van der Waals surface area contributed by atoms with Crippen molar-refractivity contribution in [2.75, 3.05) is 31.2 Å². The van der Waals surface area contributed by atoms with E-state index in [0.29, 0.717) is 18.6 Å². The van der Waals surface area contributed by atoms with E-state index in [1.807, 2.05) is 60.7 Å². The first-order valence-electron chi connectivity index (χ1n) is 10.1. The monoisotopic (exact) mass is 398 g/mol. The maximum Gasteiger partial charge on any atom is 0.191 e. The van der Waals surface area contributed by atoms with Crippen LogP contribution in [0.15, 0.2) is 77.6 Å². The molecule has 5 rings (SSSR count). The van der Waals surface area contributed by atoms with Gasteiger partial charge < -0.3 is 19.7 Å². The third-order valence-electron chi connectivity index (χ3n) is 5.59. The number of benzene rings is 3. The summed E-state index contributed by atoms with van der Waals surface area (Å²) in [6, 6.07) is 22.8. The molecule has 1 saturated heterocycles. The van der Waals surface area contributed by atoms with Crippen molar-refractivity contribution in [2.45, 2.75) is 0 Å². The van der Waals surface area contributed by atoms with Crippen molar-refractivity contribution in [3.63, 3.8) is 0 Å². The summed E-state index contributed by atoms with van der Waals surface area (Å²) in [4.78, 5) is 18.5. The second-order valence-corrected chi connectivity index (χ2v) is 7.44. The summed E-state index contributed by atoms with van der Waals surface area (Å²) in [6.07, 6.45) is 0. The molecule has 0 bridgehead atoms. The minimum atomic E-state index is -0.00541. The topological polar surface area (TPSA) is 65.6 Å². The number of morpholine rings is 1. The highest BCUT2D eigenvalue weighted by atomic mass is 16.5. The zero-order valence-corrected chi connectivity index (χ0v) is 16.5. The van der Waals surface area contributed by atoms with Crippen molar-refractivity contribution in [3.8, 4) is 28.0 Å². The van der Waals surface area contributed by atoms with Crippen LogP contribution in [-0.4, -0.2) is 36.4 Å². The fraction of sp³-hybridized carbons (Fsp3) is 0.160. The lowest BCUT2D eigenvalue weighted by Gasteiger charge is -2.28. The van der Waals surface area contributed by atoms with Gasteiger partial charge in [-0.15, -0.1) is 0 Å². The predicted octanol–water partition coefficient (Wildman–Crippen LogP) is 4.40. The Balaban J connectivity index is 1.68. The van der Waals surface area contributed by atoms with Gasteiger partial charge in [0.05, 0.1) is 18.7 Å². The molecule has 0 atom stereocenters. The Bertz CT molecular complexity index is 1260. The number of aromatic amines is 1. The van der Waals surface area contributed by atoms with Crippen LogP contribution in [0, 0.1) is 0 Å². The number of phenols is 1. The van der Waals surface area contributed by atoms with Crippen LogP contribution in [0.3, 0.4) is 0 Å². The average Bonchev–Trinajstić information content (AvgIpc) is 2.80. The second-order valence-electron chi connectivity index (χ2n) is 7.44. The van der Waals surface area contributed by atoms with Crippen LogP contribution >= 0.6 is 0 Å². The van der Waals surface area contributed by atoms with Crippen LogP contribution in [0.5, 0.6) is 5.75 Å². The molecule has 0 spiro atoms. The van der Waals surface area contributed by atoms with Crippen LogP contribution in [-0.2, 0) is 4.74 Å². The molecule has 5 nitrogen and oxygen atoms in total.